The van der Waals surface area contributed by atoms with Crippen molar-refractivity contribution in [2.45, 2.75) is 55.0 Å². The van der Waals surface area contributed by atoms with Gasteiger partial charge in [0.25, 0.3) is 5.91 Å². The molecule has 122 valence electrons. The number of benzene rings is 1. The maximum absolute atomic E-state index is 12.4. The Morgan fingerprint density at radius 1 is 1.23 bits per heavy atom. The van der Waals surface area contributed by atoms with E-state index < -0.39 is 9.96 Å². The molecule has 1 aromatic carbocycles. The third-order valence-corrected chi connectivity index (χ3v) is 4.55. The zero-order valence-corrected chi connectivity index (χ0v) is 14.8. The van der Waals surface area contributed by atoms with Gasteiger partial charge in [-0.2, -0.15) is 0 Å². The minimum absolute atomic E-state index is 0.247. The molecule has 0 bridgehead atoms. The van der Waals surface area contributed by atoms with Crippen LogP contribution in [0.1, 0.15) is 48.0 Å². The Kier molecular flexibility index (Phi) is 6.39. The van der Waals surface area contributed by atoms with Crippen molar-refractivity contribution in [2.24, 2.45) is 0 Å². The van der Waals surface area contributed by atoms with Gasteiger partial charge in [0.05, 0.1) is 0 Å². The lowest BCUT2D eigenvalue weighted by Crippen LogP contribution is -2.56. The molecule has 1 fully saturated rings. The Balaban J connectivity index is 2.04. The summed E-state index contributed by atoms with van der Waals surface area (Å²) >= 11 is 18.1. The fourth-order valence-corrected chi connectivity index (χ4v) is 3.08. The van der Waals surface area contributed by atoms with Crippen LogP contribution >= 0.6 is 34.8 Å². The summed E-state index contributed by atoms with van der Waals surface area (Å²) < 4.78 is -1.60. The number of carbonyl (C=O) groups is 1. The average molecular weight is 364 g/mol. The second-order valence-electron chi connectivity index (χ2n) is 5.82. The van der Waals surface area contributed by atoms with Gasteiger partial charge < -0.3 is 5.32 Å². The molecule has 0 unspecified atom stereocenters. The van der Waals surface area contributed by atoms with E-state index in [4.69, 9.17) is 34.8 Å². The van der Waals surface area contributed by atoms with Crippen molar-refractivity contribution in [3.05, 3.63) is 35.4 Å². The molecule has 1 atom stereocenters. The number of hydrogen-bond acceptors (Lipinski definition) is 2. The van der Waals surface area contributed by atoms with E-state index in [0.29, 0.717) is 5.56 Å². The highest BCUT2D eigenvalue weighted by molar-refractivity contribution is 6.68. The van der Waals surface area contributed by atoms with Gasteiger partial charge >= 0.3 is 0 Å². The standard InChI is InChI=1S/C16H21Cl3N2O/c1-11-6-5-7-12(10-11)14(22)21-15(16(17,18)19)20-13-8-3-2-4-9-13/h5-7,10,13,15,20H,2-4,8-9H2,1H3,(H,21,22)/t15-/m0/s1. The smallest absolute Gasteiger partial charge is 0.252 e. The summed E-state index contributed by atoms with van der Waals surface area (Å²) in [5.41, 5.74) is 1.57. The molecule has 1 aliphatic rings. The van der Waals surface area contributed by atoms with E-state index >= 15 is 0 Å². The molecule has 0 heterocycles. The molecule has 0 aliphatic heterocycles. The van der Waals surface area contributed by atoms with Gasteiger partial charge in [0.15, 0.2) is 0 Å². The van der Waals surface area contributed by atoms with Crippen LogP contribution in [0, 0.1) is 6.92 Å². The van der Waals surface area contributed by atoms with Gasteiger partial charge in [-0.15, -0.1) is 0 Å². The van der Waals surface area contributed by atoms with Crippen LogP contribution in [0.15, 0.2) is 24.3 Å². The normalized spacial score (nSPS) is 18.0. The summed E-state index contributed by atoms with van der Waals surface area (Å²) in [5, 5.41) is 6.09. The van der Waals surface area contributed by atoms with Crippen molar-refractivity contribution in [1.29, 1.82) is 0 Å². The zero-order chi connectivity index (χ0) is 16.2. The number of amides is 1. The quantitative estimate of drug-likeness (QED) is 0.617. The number of rotatable bonds is 4. The number of nitrogens with one attached hydrogen (secondary N) is 2. The van der Waals surface area contributed by atoms with Crippen molar-refractivity contribution < 1.29 is 4.79 Å². The van der Waals surface area contributed by atoms with E-state index in [-0.39, 0.29) is 11.9 Å². The van der Waals surface area contributed by atoms with Crippen molar-refractivity contribution in [2.75, 3.05) is 0 Å². The third kappa shape index (κ3) is 5.31. The molecule has 1 amide bonds. The Morgan fingerprint density at radius 2 is 1.91 bits per heavy atom. The lowest BCUT2D eigenvalue weighted by Gasteiger charge is -2.32. The molecule has 6 heteroatoms. The molecule has 2 rings (SSSR count). The van der Waals surface area contributed by atoms with Crippen molar-refractivity contribution >= 4 is 40.7 Å². The van der Waals surface area contributed by atoms with Crippen LogP contribution in [0.4, 0.5) is 0 Å². The topological polar surface area (TPSA) is 41.1 Å². The van der Waals surface area contributed by atoms with E-state index in [1.807, 2.05) is 25.1 Å². The molecule has 0 saturated heterocycles. The summed E-state index contributed by atoms with van der Waals surface area (Å²) in [6.07, 6.45) is 4.93. The van der Waals surface area contributed by atoms with Crippen LogP contribution in [0.3, 0.4) is 0 Å². The van der Waals surface area contributed by atoms with Crippen molar-refractivity contribution in [3.63, 3.8) is 0 Å². The van der Waals surface area contributed by atoms with Crippen molar-refractivity contribution in [3.8, 4) is 0 Å². The first-order valence-corrected chi connectivity index (χ1v) is 8.70. The number of hydrogen-bond donors (Lipinski definition) is 2. The minimum atomic E-state index is -1.60. The predicted octanol–water partition coefficient (Wildman–Crippen LogP) is 4.34. The van der Waals surface area contributed by atoms with E-state index in [2.05, 4.69) is 10.6 Å². The van der Waals surface area contributed by atoms with Crippen LogP contribution in [-0.4, -0.2) is 21.9 Å². The van der Waals surface area contributed by atoms with Crippen LogP contribution < -0.4 is 10.6 Å². The summed E-state index contributed by atoms with van der Waals surface area (Å²) in [4.78, 5) is 12.4. The second-order valence-corrected chi connectivity index (χ2v) is 8.19. The molecular formula is C16H21Cl3N2O. The van der Waals surface area contributed by atoms with Crippen LogP contribution in [0.2, 0.25) is 0 Å². The average Bonchev–Trinajstić information content (AvgIpc) is 2.46. The van der Waals surface area contributed by atoms with Gasteiger partial charge in [0.2, 0.25) is 3.79 Å². The summed E-state index contributed by atoms with van der Waals surface area (Å²) in [6.45, 7) is 1.93. The Bertz CT molecular complexity index is 510. The zero-order valence-electron chi connectivity index (χ0n) is 12.5. The van der Waals surface area contributed by atoms with Gasteiger partial charge in [-0.3, -0.25) is 10.1 Å². The molecule has 1 saturated carbocycles. The lowest BCUT2D eigenvalue weighted by atomic mass is 9.95. The van der Waals surface area contributed by atoms with Gasteiger partial charge in [-0.25, -0.2) is 0 Å². The molecule has 1 aliphatic carbocycles. The lowest BCUT2D eigenvalue weighted by molar-refractivity contribution is 0.0924. The van der Waals surface area contributed by atoms with Gasteiger partial charge in [0, 0.05) is 11.6 Å². The first kappa shape index (κ1) is 17.9. The van der Waals surface area contributed by atoms with Crippen LogP contribution in [0.5, 0.6) is 0 Å². The third-order valence-electron chi connectivity index (χ3n) is 3.89. The van der Waals surface area contributed by atoms with Gasteiger partial charge in [-0.1, -0.05) is 71.8 Å². The SMILES string of the molecule is Cc1cccc(C(=O)N[C@H](NC2CCCCC2)C(Cl)(Cl)Cl)c1. The summed E-state index contributed by atoms with van der Waals surface area (Å²) in [5.74, 6) is -0.247. The number of carbonyl (C=O) groups excluding carboxylic acids is 1. The van der Waals surface area contributed by atoms with E-state index in [1.54, 1.807) is 6.07 Å². The largest absolute Gasteiger partial charge is 0.333 e. The molecule has 0 radical (unpaired) electrons. The van der Waals surface area contributed by atoms with Gasteiger partial charge in [-0.05, 0) is 31.9 Å². The minimum Gasteiger partial charge on any atom is -0.333 e. The molecule has 0 spiro atoms. The number of alkyl halides is 3. The van der Waals surface area contributed by atoms with Crippen LogP contribution in [-0.2, 0) is 0 Å². The van der Waals surface area contributed by atoms with E-state index in [1.165, 1.54) is 6.42 Å². The molecule has 0 aromatic heterocycles. The Hall–Kier alpha value is -0.480. The molecule has 2 N–H and O–H groups in total. The Morgan fingerprint density at radius 3 is 2.50 bits per heavy atom. The molecule has 22 heavy (non-hydrogen) atoms. The fraction of sp³-hybridized carbons (Fsp3) is 0.562. The predicted molar refractivity (Wildman–Crippen MR) is 92.7 cm³/mol. The molecule has 1 aromatic rings. The fourth-order valence-electron chi connectivity index (χ4n) is 2.72. The molecule has 3 nitrogen and oxygen atoms in total. The first-order chi connectivity index (χ1) is 10.4. The Labute approximate surface area is 146 Å². The highest BCUT2D eigenvalue weighted by atomic mass is 35.6. The summed E-state index contributed by atoms with van der Waals surface area (Å²) in [6, 6.07) is 7.60. The second kappa shape index (κ2) is 7.87. The van der Waals surface area contributed by atoms with Crippen LogP contribution in [0.25, 0.3) is 0 Å². The highest BCUT2D eigenvalue weighted by Crippen LogP contribution is 2.30. The summed E-state index contributed by atoms with van der Waals surface area (Å²) in [7, 11) is 0. The number of aryl methyl sites for hydroxylation is 1. The maximum Gasteiger partial charge on any atom is 0.252 e. The number of halogens is 3. The van der Waals surface area contributed by atoms with Crippen molar-refractivity contribution in [1.82, 2.24) is 10.6 Å². The molecular weight excluding hydrogens is 343 g/mol. The monoisotopic (exact) mass is 362 g/mol. The maximum atomic E-state index is 12.4. The highest BCUT2D eigenvalue weighted by Gasteiger charge is 2.35. The van der Waals surface area contributed by atoms with E-state index in [0.717, 1.165) is 31.2 Å². The van der Waals surface area contributed by atoms with Gasteiger partial charge in [0.1, 0.15) is 6.17 Å². The van der Waals surface area contributed by atoms with E-state index in [9.17, 15) is 4.79 Å². The first-order valence-electron chi connectivity index (χ1n) is 7.56.